The fourth-order valence-electron chi connectivity index (χ4n) is 2.60. The van der Waals surface area contributed by atoms with Crippen molar-refractivity contribution in [3.05, 3.63) is 35.4 Å². The Morgan fingerprint density at radius 2 is 1.78 bits per heavy atom. The van der Waals surface area contributed by atoms with Gasteiger partial charge in [0, 0.05) is 6.04 Å². The van der Waals surface area contributed by atoms with Crippen LogP contribution in [0, 0.1) is 11.8 Å². The first kappa shape index (κ1) is 19.5. The van der Waals surface area contributed by atoms with Gasteiger partial charge in [-0.05, 0) is 48.8 Å². The van der Waals surface area contributed by atoms with E-state index in [2.05, 4.69) is 0 Å². The number of carboxylic acids is 1. The molecule has 0 aromatic heterocycles. The Balaban J connectivity index is 2.44. The Morgan fingerprint density at radius 3 is 2.26 bits per heavy atom. The van der Waals surface area contributed by atoms with E-state index in [1.807, 2.05) is 13.8 Å². The molecule has 0 aliphatic carbocycles. The van der Waals surface area contributed by atoms with E-state index in [1.54, 1.807) is 0 Å². The Bertz CT molecular complexity index is 500. The summed E-state index contributed by atoms with van der Waals surface area (Å²) in [6.45, 7) is 3.98. The van der Waals surface area contributed by atoms with Crippen LogP contribution in [0.25, 0.3) is 0 Å². The summed E-state index contributed by atoms with van der Waals surface area (Å²) < 4.78 is 37.5. The summed E-state index contributed by atoms with van der Waals surface area (Å²) in [5.41, 5.74) is 6.08. The molecule has 1 rings (SSSR count). The number of benzene rings is 1. The lowest BCUT2D eigenvalue weighted by Gasteiger charge is -2.22. The number of hydrogen-bond donors (Lipinski definition) is 2. The lowest BCUT2D eigenvalue weighted by Crippen LogP contribution is -2.31. The maximum absolute atomic E-state index is 12.5. The zero-order chi connectivity index (χ0) is 17.6. The Labute approximate surface area is 134 Å². The SMILES string of the molecule is CC(CCc1ccc(C(F)(F)F)cc1)CC(C)C(N)CC(=O)O. The molecule has 23 heavy (non-hydrogen) atoms. The van der Waals surface area contributed by atoms with Crippen molar-refractivity contribution in [2.24, 2.45) is 17.6 Å². The normalized spacial score (nSPS) is 15.9. The third-order valence-electron chi connectivity index (χ3n) is 4.12. The summed E-state index contributed by atoms with van der Waals surface area (Å²) in [5, 5.41) is 8.74. The monoisotopic (exact) mass is 331 g/mol. The summed E-state index contributed by atoms with van der Waals surface area (Å²) in [5.74, 6) is -0.484. The predicted molar refractivity (Wildman–Crippen MR) is 82.9 cm³/mol. The molecule has 1 aromatic rings. The zero-order valence-electron chi connectivity index (χ0n) is 13.4. The van der Waals surface area contributed by atoms with Gasteiger partial charge in [-0.25, -0.2) is 0 Å². The first-order valence-electron chi connectivity index (χ1n) is 7.73. The average Bonchev–Trinajstić information content (AvgIpc) is 2.43. The highest BCUT2D eigenvalue weighted by Crippen LogP contribution is 2.29. The molecule has 0 radical (unpaired) electrons. The van der Waals surface area contributed by atoms with Crippen LogP contribution in [0.3, 0.4) is 0 Å². The summed E-state index contributed by atoms with van der Waals surface area (Å²) in [6.07, 6.45) is -2.03. The summed E-state index contributed by atoms with van der Waals surface area (Å²) >= 11 is 0. The molecule has 3 unspecified atom stereocenters. The van der Waals surface area contributed by atoms with E-state index in [-0.39, 0.29) is 18.4 Å². The molecule has 3 atom stereocenters. The van der Waals surface area contributed by atoms with Gasteiger partial charge < -0.3 is 10.8 Å². The van der Waals surface area contributed by atoms with Crippen molar-refractivity contribution in [2.75, 3.05) is 0 Å². The number of carbonyl (C=O) groups is 1. The topological polar surface area (TPSA) is 63.3 Å². The number of hydrogen-bond acceptors (Lipinski definition) is 2. The van der Waals surface area contributed by atoms with Crippen LogP contribution in [-0.4, -0.2) is 17.1 Å². The fourth-order valence-corrected chi connectivity index (χ4v) is 2.60. The lowest BCUT2D eigenvalue weighted by molar-refractivity contribution is -0.138. The third-order valence-corrected chi connectivity index (χ3v) is 4.12. The van der Waals surface area contributed by atoms with Gasteiger partial charge in [0.15, 0.2) is 0 Å². The van der Waals surface area contributed by atoms with Crippen molar-refractivity contribution < 1.29 is 23.1 Å². The second kappa shape index (κ2) is 8.34. The molecule has 1 aromatic carbocycles. The minimum absolute atomic E-state index is 0.0488. The number of carboxylic acid groups (broad SMARTS) is 1. The number of aliphatic carboxylic acids is 1. The first-order chi connectivity index (χ1) is 10.6. The molecule has 0 aliphatic rings. The van der Waals surface area contributed by atoms with Crippen LogP contribution in [0.1, 0.15) is 44.2 Å². The van der Waals surface area contributed by atoms with E-state index in [0.29, 0.717) is 12.3 Å². The smallest absolute Gasteiger partial charge is 0.416 e. The molecule has 0 bridgehead atoms. The van der Waals surface area contributed by atoms with E-state index >= 15 is 0 Å². The van der Waals surface area contributed by atoms with Crippen LogP contribution in [0.15, 0.2) is 24.3 Å². The van der Waals surface area contributed by atoms with E-state index < -0.39 is 17.7 Å². The molecule has 6 heteroatoms. The number of aryl methyl sites for hydroxylation is 1. The molecule has 0 spiro atoms. The van der Waals surface area contributed by atoms with E-state index in [0.717, 1.165) is 30.5 Å². The van der Waals surface area contributed by atoms with Gasteiger partial charge in [-0.2, -0.15) is 13.2 Å². The maximum atomic E-state index is 12.5. The highest BCUT2D eigenvalue weighted by Gasteiger charge is 2.29. The number of halogens is 3. The molecule has 130 valence electrons. The van der Waals surface area contributed by atoms with E-state index in [9.17, 15) is 18.0 Å². The molecule has 0 amide bonds. The van der Waals surface area contributed by atoms with Crippen LogP contribution < -0.4 is 5.73 Å². The number of rotatable bonds is 8. The number of alkyl halides is 3. The van der Waals surface area contributed by atoms with Gasteiger partial charge in [0.05, 0.1) is 12.0 Å². The first-order valence-corrected chi connectivity index (χ1v) is 7.73. The van der Waals surface area contributed by atoms with E-state index in [1.165, 1.54) is 12.1 Å². The van der Waals surface area contributed by atoms with Crippen molar-refractivity contribution in [3.63, 3.8) is 0 Å². The minimum Gasteiger partial charge on any atom is -0.481 e. The highest BCUT2D eigenvalue weighted by molar-refractivity contribution is 5.67. The standard InChI is InChI=1S/C17H24F3NO2/c1-11(9-12(2)15(21)10-16(22)23)3-4-13-5-7-14(8-6-13)17(18,19)20/h5-8,11-12,15H,3-4,9-10,21H2,1-2H3,(H,22,23). The quantitative estimate of drug-likeness (QED) is 0.754. The highest BCUT2D eigenvalue weighted by atomic mass is 19.4. The van der Waals surface area contributed by atoms with Crippen molar-refractivity contribution in [3.8, 4) is 0 Å². The van der Waals surface area contributed by atoms with Gasteiger partial charge >= 0.3 is 12.1 Å². The van der Waals surface area contributed by atoms with Crippen molar-refractivity contribution in [1.29, 1.82) is 0 Å². The molecule has 3 N–H and O–H groups in total. The summed E-state index contributed by atoms with van der Waals surface area (Å²) in [4.78, 5) is 10.6. The van der Waals surface area contributed by atoms with Gasteiger partial charge in [0.1, 0.15) is 0 Å². The lowest BCUT2D eigenvalue weighted by atomic mass is 9.87. The van der Waals surface area contributed by atoms with Gasteiger partial charge in [-0.1, -0.05) is 26.0 Å². The van der Waals surface area contributed by atoms with Crippen molar-refractivity contribution in [1.82, 2.24) is 0 Å². The summed E-state index contributed by atoms with van der Waals surface area (Å²) in [6, 6.07) is 4.85. The molecule has 0 saturated carbocycles. The van der Waals surface area contributed by atoms with Gasteiger partial charge in [-0.15, -0.1) is 0 Å². The molecule has 0 fully saturated rings. The molecule has 3 nitrogen and oxygen atoms in total. The number of nitrogens with two attached hydrogens (primary N) is 1. The fraction of sp³-hybridized carbons (Fsp3) is 0.588. The van der Waals surface area contributed by atoms with E-state index in [4.69, 9.17) is 10.8 Å². The largest absolute Gasteiger partial charge is 0.481 e. The van der Waals surface area contributed by atoms with Crippen LogP contribution in [0.2, 0.25) is 0 Å². The maximum Gasteiger partial charge on any atom is 0.416 e. The van der Waals surface area contributed by atoms with Gasteiger partial charge in [-0.3, -0.25) is 4.79 Å². The van der Waals surface area contributed by atoms with Crippen molar-refractivity contribution >= 4 is 5.97 Å². The molecule has 0 heterocycles. The van der Waals surface area contributed by atoms with Crippen LogP contribution in [-0.2, 0) is 17.4 Å². The Hall–Kier alpha value is -1.56. The van der Waals surface area contributed by atoms with Crippen LogP contribution in [0.5, 0.6) is 0 Å². The van der Waals surface area contributed by atoms with Gasteiger partial charge in [0.25, 0.3) is 0 Å². The predicted octanol–water partition coefficient (Wildman–Crippen LogP) is 4.10. The Kier molecular flexibility index (Phi) is 7.06. The second-order valence-electron chi connectivity index (χ2n) is 6.31. The van der Waals surface area contributed by atoms with Crippen molar-refractivity contribution in [2.45, 2.75) is 51.7 Å². The van der Waals surface area contributed by atoms with Crippen LogP contribution >= 0.6 is 0 Å². The zero-order valence-corrected chi connectivity index (χ0v) is 13.4. The molecular formula is C17H24F3NO2. The molecule has 0 saturated heterocycles. The summed E-state index contributed by atoms with van der Waals surface area (Å²) in [7, 11) is 0. The average molecular weight is 331 g/mol. The second-order valence-corrected chi connectivity index (χ2v) is 6.31. The molecule has 0 aliphatic heterocycles. The Morgan fingerprint density at radius 1 is 1.22 bits per heavy atom. The minimum atomic E-state index is -4.30. The van der Waals surface area contributed by atoms with Crippen LogP contribution in [0.4, 0.5) is 13.2 Å². The molecular weight excluding hydrogens is 307 g/mol. The van der Waals surface area contributed by atoms with Gasteiger partial charge in [0.2, 0.25) is 0 Å². The third kappa shape index (κ3) is 7.03.